The van der Waals surface area contributed by atoms with Crippen LogP contribution in [0, 0.1) is 0 Å². The van der Waals surface area contributed by atoms with Crippen LogP contribution in [0.15, 0.2) is 12.5 Å². The van der Waals surface area contributed by atoms with Crippen molar-refractivity contribution in [1.29, 1.82) is 0 Å². The van der Waals surface area contributed by atoms with Crippen LogP contribution in [0.4, 0.5) is 0 Å². The minimum absolute atomic E-state index is 0.0376. The van der Waals surface area contributed by atoms with Crippen molar-refractivity contribution in [3.8, 4) is 0 Å². The number of hydrogen-bond acceptors (Lipinski definition) is 3. The Morgan fingerprint density at radius 1 is 1.45 bits per heavy atom. The van der Waals surface area contributed by atoms with Gasteiger partial charge in [-0.2, -0.15) is 0 Å². The first-order valence-electron chi connectivity index (χ1n) is 7.60. The fraction of sp³-hybridized carbons (Fsp3) is 0.733. The third kappa shape index (κ3) is 3.60. The lowest BCUT2D eigenvalue weighted by Crippen LogP contribution is -2.43. The van der Waals surface area contributed by atoms with Crippen molar-refractivity contribution in [1.82, 2.24) is 19.8 Å². The molecule has 0 aromatic carbocycles. The third-order valence-corrected chi connectivity index (χ3v) is 4.17. The SMILES string of the molecule is CCCNC1CCC(N(C)C(=O)c2cn(C)cn2)CC1. The van der Waals surface area contributed by atoms with Gasteiger partial charge in [0.1, 0.15) is 5.69 Å². The van der Waals surface area contributed by atoms with Gasteiger partial charge < -0.3 is 14.8 Å². The van der Waals surface area contributed by atoms with Gasteiger partial charge in [0, 0.05) is 32.4 Å². The lowest BCUT2D eigenvalue weighted by atomic mass is 9.90. The average molecular weight is 278 g/mol. The summed E-state index contributed by atoms with van der Waals surface area (Å²) < 4.78 is 1.81. The monoisotopic (exact) mass is 278 g/mol. The fourth-order valence-electron chi connectivity index (χ4n) is 2.89. The lowest BCUT2D eigenvalue weighted by Gasteiger charge is -2.34. The largest absolute Gasteiger partial charge is 0.340 e. The number of carbonyl (C=O) groups excluding carboxylic acids is 1. The van der Waals surface area contributed by atoms with Crippen LogP contribution in [0.1, 0.15) is 49.5 Å². The molecule has 0 unspecified atom stereocenters. The molecule has 1 aliphatic rings. The van der Waals surface area contributed by atoms with E-state index in [1.807, 2.05) is 23.6 Å². The van der Waals surface area contributed by atoms with E-state index >= 15 is 0 Å². The Labute approximate surface area is 121 Å². The third-order valence-electron chi connectivity index (χ3n) is 4.17. The van der Waals surface area contributed by atoms with Gasteiger partial charge in [0.25, 0.3) is 5.91 Å². The van der Waals surface area contributed by atoms with Crippen LogP contribution in [0.5, 0.6) is 0 Å². The van der Waals surface area contributed by atoms with E-state index in [9.17, 15) is 4.79 Å². The molecular weight excluding hydrogens is 252 g/mol. The number of rotatable bonds is 5. The molecule has 1 N–H and O–H groups in total. The highest BCUT2D eigenvalue weighted by Gasteiger charge is 2.27. The van der Waals surface area contributed by atoms with Gasteiger partial charge in [-0.05, 0) is 38.6 Å². The Kier molecular flexibility index (Phi) is 5.17. The summed E-state index contributed by atoms with van der Waals surface area (Å²) in [4.78, 5) is 18.4. The van der Waals surface area contributed by atoms with E-state index in [1.165, 1.54) is 6.42 Å². The molecular formula is C15H26N4O. The molecule has 1 aliphatic carbocycles. The molecule has 20 heavy (non-hydrogen) atoms. The van der Waals surface area contributed by atoms with Crippen molar-refractivity contribution >= 4 is 5.91 Å². The van der Waals surface area contributed by atoms with Crippen molar-refractivity contribution < 1.29 is 4.79 Å². The Morgan fingerprint density at radius 2 is 2.15 bits per heavy atom. The van der Waals surface area contributed by atoms with Crippen LogP contribution in [0.3, 0.4) is 0 Å². The lowest BCUT2D eigenvalue weighted by molar-refractivity contribution is 0.0679. The number of nitrogens with one attached hydrogen (secondary N) is 1. The summed E-state index contributed by atoms with van der Waals surface area (Å²) in [5, 5.41) is 3.58. The molecule has 112 valence electrons. The van der Waals surface area contributed by atoms with Crippen molar-refractivity contribution in [2.24, 2.45) is 7.05 Å². The predicted octanol–water partition coefficient (Wildman–Crippen LogP) is 1.80. The van der Waals surface area contributed by atoms with Gasteiger partial charge in [-0.15, -0.1) is 0 Å². The van der Waals surface area contributed by atoms with E-state index in [1.54, 1.807) is 12.5 Å². The van der Waals surface area contributed by atoms with Gasteiger partial charge in [0.05, 0.1) is 6.33 Å². The van der Waals surface area contributed by atoms with Crippen molar-refractivity contribution in [2.45, 2.75) is 51.1 Å². The second-order valence-electron chi connectivity index (χ2n) is 5.80. The van der Waals surface area contributed by atoms with E-state index in [-0.39, 0.29) is 5.91 Å². The van der Waals surface area contributed by atoms with Crippen LogP contribution < -0.4 is 5.32 Å². The summed E-state index contributed by atoms with van der Waals surface area (Å²) in [5.74, 6) is 0.0376. The summed E-state index contributed by atoms with van der Waals surface area (Å²) in [6.45, 7) is 3.29. The molecule has 0 radical (unpaired) electrons. The maximum absolute atomic E-state index is 12.3. The van der Waals surface area contributed by atoms with Crippen molar-refractivity contribution in [2.75, 3.05) is 13.6 Å². The smallest absolute Gasteiger partial charge is 0.274 e. The zero-order valence-electron chi connectivity index (χ0n) is 12.8. The molecule has 0 aliphatic heterocycles. The zero-order valence-corrected chi connectivity index (χ0v) is 12.8. The summed E-state index contributed by atoms with van der Waals surface area (Å²) in [6, 6.07) is 0.980. The minimum Gasteiger partial charge on any atom is -0.340 e. The quantitative estimate of drug-likeness (QED) is 0.893. The van der Waals surface area contributed by atoms with Gasteiger partial charge in [-0.1, -0.05) is 6.92 Å². The summed E-state index contributed by atoms with van der Waals surface area (Å²) in [7, 11) is 3.79. The summed E-state index contributed by atoms with van der Waals surface area (Å²) in [6.07, 6.45) is 9.11. The van der Waals surface area contributed by atoms with E-state index < -0.39 is 0 Å². The van der Waals surface area contributed by atoms with Crippen molar-refractivity contribution in [3.63, 3.8) is 0 Å². The molecule has 5 nitrogen and oxygen atoms in total. The number of aromatic nitrogens is 2. The first-order chi connectivity index (χ1) is 9.61. The predicted molar refractivity (Wildman–Crippen MR) is 79.6 cm³/mol. The number of hydrogen-bond donors (Lipinski definition) is 1. The number of aryl methyl sites for hydroxylation is 1. The van der Waals surface area contributed by atoms with Crippen molar-refractivity contribution in [3.05, 3.63) is 18.2 Å². The summed E-state index contributed by atoms with van der Waals surface area (Å²) in [5.41, 5.74) is 0.543. The second-order valence-corrected chi connectivity index (χ2v) is 5.80. The normalized spacial score (nSPS) is 22.8. The molecule has 5 heteroatoms. The molecule has 0 spiro atoms. The first kappa shape index (κ1) is 15.0. The molecule has 1 fully saturated rings. The fourth-order valence-corrected chi connectivity index (χ4v) is 2.89. The molecule has 1 heterocycles. The first-order valence-corrected chi connectivity index (χ1v) is 7.60. The van der Waals surface area contributed by atoms with Crippen LogP contribution in [0.2, 0.25) is 0 Å². The van der Waals surface area contributed by atoms with Crippen LogP contribution in [0.25, 0.3) is 0 Å². The number of carbonyl (C=O) groups is 1. The number of nitrogens with zero attached hydrogens (tertiary/aromatic N) is 3. The molecule has 0 bridgehead atoms. The molecule has 1 saturated carbocycles. The zero-order chi connectivity index (χ0) is 14.5. The van der Waals surface area contributed by atoms with Gasteiger partial charge in [-0.25, -0.2) is 4.98 Å². The molecule has 1 amide bonds. The Morgan fingerprint density at radius 3 is 2.70 bits per heavy atom. The minimum atomic E-state index is 0.0376. The topological polar surface area (TPSA) is 50.2 Å². The maximum atomic E-state index is 12.3. The number of amides is 1. The van der Waals surface area contributed by atoms with Crippen LogP contribution >= 0.6 is 0 Å². The van der Waals surface area contributed by atoms with Crippen LogP contribution in [-0.4, -0.2) is 46.0 Å². The average Bonchev–Trinajstić information content (AvgIpc) is 2.90. The highest BCUT2D eigenvalue weighted by Crippen LogP contribution is 2.23. The number of imidazole rings is 1. The van der Waals surface area contributed by atoms with Gasteiger partial charge in [-0.3, -0.25) is 4.79 Å². The van der Waals surface area contributed by atoms with Gasteiger partial charge >= 0.3 is 0 Å². The van der Waals surface area contributed by atoms with E-state index in [0.29, 0.717) is 17.8 Å². The van der Waals surface area contributed by atoms with E-state index in [0.717, 1.165) is 32.2 Å². The standard InChI is InChI=1S/C15H26N4O/c1-4-9-16-12-5-7-13(8-6-12)19(3)15(20)14-10-18(2)11-17-14/h10-13,16H,4-9H2,1-3H3. The molecule has 0 atom stereocenters. The summed E-state index contributed by atoms with van der Waals surface area (Å²) >= 11 is 0. The maximum Gasteiger partial charge on any atom is 0.274 e. The van der Waals surface area contributed by atoms with Gasteiger partial charge in [0.15, 0.2) is 0 Å². The molecule has 1 aromatic rings. The Hall–Kier alpha value is -1.36. The molecule has 1 aromatic heterocycles. The van der Waals surface area contributed by atoms with Crippen LogP contribution in [-0.2, 0) is 7.05 Å². The highest BCUT2D eigenvalue weighted by molar-refractivity contribution is 5.92. The van der Waals surface area contributed by atoms with Gasteiger partial charge in [0.2, 0.25) is 0 Å². The molecule has 0 saturated heterocycles. The second kappa shape index (κ2) is 6.88. The van der Waals surface area contributed by atoms with E-state index in [4.69, 9.17) is 0 Å². The Bertz CT molecular complexity index is 435. The van der Waals surface area contributed by atoms with E-state index in [2.05, 4.69) is 17.2 Å². The highest BCUT2D eigenvalue weighted by atomic mass is 16.2. The molecule has 2 rings (SSSR count). The Balaban J connectivity index is 1.85.